The number of nitrogen functional groups attached to an aromatic ring is 1. The number of primary amides is 1. The summed E-state index contributed by atoms with van der Waals surface area (Å²) < 4.78 is 6.57. The molecule has 1 amide bonds. The number of nitrogens with zero attached hydrogens (tertiary/aromatic N) is 2. The maximum absolute atomic E-state index is 12.0. The third-order valence-corrected chi connectivity index (χ3v) is 3.04. The second kappa shape index (κ2) is 5.66. The average molecular weight is 288 g/mol. The molecule has 7 heteroatoms. The Labute approximate surface area is 121 Å². The molecule has 1 aromatic heterocycles. The zero-order valence-electron chi connectivity index (χ0n) is 11.8. The topological polar surface area (TPSA) is 113 Å². The van der Waals surface area contributed by atoms with Crippen molar-refractivity contribution in [1.29, 1.82) is 0 Å². The van der Waals surface area contributed by atoms with Crippen LogP contribution in [0.25, 0.3) is 0 Å². The number of anilines is 1. The Hall–Kier alpha value is -2.83. The molecule has 0 saturated carbocycles. The zero-order chi connectivity index (χ0) is 15.6. The SMILES string of the molecule is Cc1nn(C)c(C(=O)OCc2cccc(C(N)=O)c2)c1N. The van der Waals surface area contributed by atoms with E-state index in [4.69, 9.17) is 16.2 Å². The van der Waals surface area contributed by atoms with E-state index in [9.17, 15) is 9.59 Å². The summed E-state index contributed by atoms with van der Waals surface area (Å²) >= 11 is 0. The first-order valence-electron chi connectivity index (χ1n) is 6.25. The van der Waals surface area contributed by atoms with Gasteiger partial charge in [0.15, 0.2) is 5.69 Å². The third kappa shape index (κ3) is 3.02. The first-order valence-corrected chi connectivity index (χ1v) is 6.25. The van der Waals surface area contributed by atoms with E-state index in [1.54, 1.807) is 38.2 Å². The lowest BCUT2D eigenvalue weighted by Gasteiger charge is -2.06. The number of ether oxygens (including phenoxy) is 1. The number of carbonyl (C=O) groups is 2. The Kier molecular flexibility index (Phi) is 3.93. The van der Waals surface area contributed by atoms with Gasteiger partial charge in [-0.25, -0.2) is 4.79 Å². The van der Waals surface area contributed by atoms with Crippen molar-refractivity contribution in [2.24, 2.45) is 12.8 Å². The highest BCUT2D eigenvalue weighted by Crippen LogP contribution is 2.17. The normalized spacial score (nSPS) is 10.4. The summed E-state index contributed by atoms with van der Waals surface area (Å²) in [5.74, 6) is -1.10. The van der Waals surface area contributed by atoms with Gasteiger partial charge in [-0.3, -0.25) is 9.48 Å². The molecule has 4 N–H and O–H groups in total. The van der Waals surface area contributed by atoms with Crippen LogP contribution in [0.3, 0.4) is 0 Å². The minimum Gasteiger partial charge on any atom is -0.456 e. The summed E-state index contributed by atoms with van der Waals surface area (Å²) in [4.78, 5) is 23.1. The molecule has 0 aliphatic heterocycles. The Bertz CT molecular complexity index is 706. The van der Waals surface area contributed by atoms with Crippen LogP contribution in [0.15, 0.2) is 24.3 Å². The van der Waals surface area contributed by atoms with Crippen LogP contribution in [0.2, 0.25) is 0 Å². The molecule has 0 aliphatic rings. The van der Waals surface area contributed by atoms with Crippen molar-refractivity contribution in [2.45, 2.75) is 13.5 Å². The number of carbonyl (C=O) groups excluding carboxylic acids is 2. The molecule has 0 unspecified atom stereocenters. The molecule has 0 aliphatic carbocycles. The summed E-state index contributed by atoms with van der Waals surface area (Å²) in [6.45, 7) is 1.73. The summed E-state index contributed by atoms with van der Waals surface area (Å²) in [5, 5.41) is 4.05. The van der Waals surface area contributed by atoms with Gasteiger partial charge < -0.3 is 16.2 Å². The highest BCUT2D eigenvalue weighted by atomic mass is 16.5. The number of aromatic nitrogens is 2. The van der Waals surface area contributed by atoms with E-state index in [1.807, 2.05) is 0 Å². The van der Waals surface area contributed by atoms with Gasteiger partial charge in [-0.2, -0.15) is 5.10 Å². The maximum atomic E-state index is 12.0. The Balaban J connectivity index is 2.11. The lowest BCUT2D eigenvalue weighted by atomic mass is 10.1. The van der Waals surface area contributed by atoms with Crippen LogP contribution in [0.1, 0.15) is 32.1 Å². The quantitative estimate of drug-likeness (QED) is 0.806. The Morgan fingerprint density at radius 3 is 2.67 bits per heavy atom. The van der Waals surface area contributed by atoms with Gasteiger partial charge in [0.25, 0.3) is 0 Å². The van der Waals surface area contributed by atoms with Crippen molar-refractivity contribution in [2.75, 3.05) is 5.73 Å². The summed E-state index contributed by atoms with van der Waals surface area (Å²) in [5.41, 5.74) is 13.1. The maximum Gasteiger partial charge on any atom is 0.359 e. The van der Waals surface area contributed by atoms with Gasteiger partial charge in [0, 0.05) is 12.6 Å². The smallest absolute Gasteiger partial charge is 0.359 e. The second-order valence-corrected chi connectivity index (χ2v) is 4.61. The number of nitrogens with two attached hydrogens (primary N) is 2. The molecule has 1 aromatic carbocycles. The number of aryl methyl sites for hydroxylation is 2. The molecule has 7 nitrogen and oxygen atoms in total. The predicted octanol–water partition coefficient (Wildman–Crippen LogP) is 0.767. The lowest BCUT2D eigenvalue weighted by Crippen LogP contribution is -2.13. The summed E-state index contributed by atoms with van der Waals surface area (Å²) in [6, 6.07) is 6.58. The number of hydrogen-bond acceptors (Lipinski definition) is 5. The van der Waals surface area contributed by atoms with Crippen LogP contribution in [0, 0.1) is 6.92 Å². The first kappa shape index (κ1) is 14.6. The second-order valence-electron chi connectivity index (χ2n) is 4.61. The first-order chi connectivity index (χ1) is 9.90. The largest absolute Gasteiger partial charge is 0.456 e. The van der Waals surface area contributed by atoms with Crippen LogP contribution in [-0.2, 0) is 18.4 Å². The molecule has 1 heterocycles. The molecule has 0 spiro atoms. The van der Waals surface area contributed by atoms with Crippen molar-refractivity contribution in [3.05, 3.63) is 46.8 Å². The Morgan fingerprint density at radius 2 is 2.10 bits per heavy atom. The molecule has 21 heavy (non-hydrogen) atoms. The van der Waals surface area contributed by atoms with Crippen molar-refractivity contribution < 1.29 is 14.3 Å². The minimum absolute atomic E-state index is 0.0175. The fourth-order valence-corrected chi connectivity index (χ4v) is 1.95. The van der Waals surface area contributed by atoms with Crippen molar-refractivity contribution in [1.82, 2.24) is 9.78 Å². The van der Waals surface area contributed by atoms with Crippen LogP contribution in [-0.4, -0.2) is 21.7 Å². The molecule has 0 atom stereocenters. The van der Waals surface area contributed by atoms with E-state index in [1.165, 1.54) is 4.68 Å². The fraction of sp³-hybridized carbons (Fsp3) is 0.214. The van der Waals surface area contributed by atoms with Crippen LogP contribution < -0.4 is 11.5 Å². The highest BCUT2D eigenvalue weighted by molar-refractivity contribution is 5.94. The molecular weight excluding hydrogens is 272 g/mol. The summed E-state index contributed by atoms with van der Waals surface area (Å²) in [7, 11) is 1.62. The van der Waals surface area contributed by atoms with E-state index in [-0.39, 0.29) is 12.3 Å². The monoisotopic (exact) mass is 288 g/mol. The number of benzene rings is 1. The molecular formula is C14H16N4O3. The predicted molar refractivity (Wildman–Crippen MR) is 76.4 cm³/mol. The van der Waals surface area contributed by atoms with E-state index in [2.05, 4.69) is 5.10 Å². The van der Waals surface area contributed by atoms with Crippen LogP contribution in [0.4, 0.5) is 5.69 Å². The third-order valence-electron chi connectivity index (χ3n) is 3.04. The minimum atomic E-state index is -0.569. The van der Waals surface area contributed by atoms with E-state index in [0.717, 1.165) is 0 Å². The molecule has 0 radical (unpaired) electrons. The van der Waals surface area contributed by atoms with Gasteiger partial charge in [-0.05, 0) is 24.6 Å². The van der Waals surface area contributed by atoms with Gasteiger partial charge in [-0.15, -0.1) is 0 Å². The van der Waals surface area contributed by atoms with E-state index in [0.29, 0.717) is 22.5 Å². The number of hydrogen-bond donors (Lipinski definition) is 2. The van der Waals surface area contributed by atoms with Crippen molar-refractivity contribution in [3.63, 3.8) is 0 Å². The van der Waals surface area contributed by atoms with Gasteiger partial charge in [0.2, 0.25) is 5.91 Å². The van der Waals surface area contributed by atoms with Crippen LogP contribution >= 0.6 is 0 Å². The lowest BCUT2D eigenvalue weighted by molar-refractivity contribution is 0.0461. The van der Waals surface area contributed by atoms with Crippen LogP contribution in [0.5, 0.6) is 0 Å². The Morgan fingerprint density at radius 1 is 1.38 bits per heavy atom. The van der Waals surface area contributed by atoms with Crippen molar-refractivity contribution >= 4 is 17.6 Å². The molecule has 2 aromatic rings. The number of rotatable bonds is 4. The number of esters is 1. The van der Waals surface area contributed by atoms with Gasteiger partial charge in [0.1, 0.15) is 6.61 Å². The molecule has 110 valence electrons. The number of amides is 1. The molecule has 0 bridgehead atoms. The van der Waals surface area contributed by atoms with Gasteiger partial charge >= 0.3 is 5.97 Å². The van der Waals surface area contributed by atoms with Crippen molar-refractivity contribution in [3.8, 4) is 0 Å². The highest BCUT2D eigenvalue weighted by Gasteiger charge is 2.19. The fourth-order valence-electron chi connectivity index (χ4n) is 1.95. The summed E-state index contributed by atoms with van der Waals surface area (Å²) in [6.07, 6.45) is 0. The molecule has 2 rings (SSSR count). The zero-order valence-corrected chi connectivity index (χ0v) is 11.8. The van der Waals surface area contributed by atoms with E-state index >= 15 is 0 Å². The van der Waals surface area contributed by atoms with E-state index < -0.39 is 11.9 Å². The molecule has 0 saturated heterocycles. The standard InChI is InChI=1S/C14H16N4O3/c1-8-11(15)12(18(2)17-8)14(20)21-7-9-4-3-5-10(6-9)13(16)19/h3-6H,7,15H2,1-2H3,(H2,16,19). The molecule has 0 fully saturated rings. The average Bonchev–Trinajstić information content (AvgIpc) is 2.70. The van der Waals surface area contributed by atoms with Gasteiger partial charge in [0.05, 0.1) is 11.4 Å². The van der Waals surface area contributed by atoms with Gasteiger partial charge in [-0.1, -0.05) is 12.1 Å².